The van der Waals surface area contributed by atoms with E-state index in [4.69, 9.17) is 5.73 Å². The van der Waals surface area contributed by atoms with Gasteiger partial charge in [-0.25, -0.2) is 4.79 Å². The van der Waals surface area contributed by atoms with Gasteiger partial charge in [0.1, 0.15) is 24.2 Å². The maximum atomic E-state index is 13.0. The molecule has 6 unspecified atom stereocenters. The van der Waals surface area contributed by atoms with Crippen molar-refractivity contribution >= 4 is 35.5 Å². The van der Waals surface area contributed by atoms with Gasteiger partial charge >= 0.3 is 5.97 Å². The smallest absolute Gasteiger partial charge is 0.326 e. The highest BCUT2D eigenvalue weighted by Gasteiger charge is 2.33. The third-order valence-electron chi connectivity index (χ3n) is 5.18. The van der Waals surface area contributed by atoms with Gasteiger partial charge in [0, 0.05) is 0 Å². The monoisotopic (exact) mass is 476 g/mol. The number of nitrogens with two attached hydrogens (primary N) is 1. The van der Waals surface area contributed by atoms with Gasteiger partial charge in [0.25, 0.3) is 0 Å². The number of aliphatic carboxylic acids is 1. The van der Waals surface area contributed by atoms with Crippen LogP contribution in [0.4, 0.5) is 0 Å². The van der Waals surface area contributed by atoms with Crippen molar-refractivity contribution in [1.82, 2.24) is 16.0 Å². The molecule has 0 aliphatic rings. The maximum Gasteiger partial charge on any atom is 0.326 e. The van der Waals surface area contributed by atoms with Crippen LogP contribution in [0.5, 0.6) is 0 Å². The minimum absolute atomic E-state index is 0.0424. The Labute approximate surface area is 194 Å². The van der Waals surface area contributed by atoms with Crippen LogP contribution in [0.15, 0.2) is 0 Å². The van der Waals surface area contributed by atoms with Crippen LogP contribution in [0.1, 0.15) is 53.9 Å². The highest BCUT2D eigenvalue weighted by atomic mass is 32.2. The number of thioether (sulfide) groups is 1. The minimum Gasteiger partial charge on any atom is -0.480 e. The number of aliphatic hydroxyl groups excluding tert-OH is 1. The molecule has 0 aromatic carbocycles. The summed E-state index contributed by atoms with van der Waals surface area (Å²) in [7, 11) is 0. The van der Waals surface area contributed by atoms with Crippen molar-refractivity contribution in [2.24, 2.45) is 17.6 Å². The fourth-order valence-corrected chi connectivity index (χ4v) is 3.37. The molecule has 0 rings (SSSR count). The van der Waals surface area contributed by atoms with Crippen molar-refractivity contribution in [3.05, 3.63) is 0 Å². The number of carbonyl (C=O) groups excluding carboxylic acids is 3. The van der Waals surface area contributed by atoms with Crippen molar-refractivity contribution in [2.75, 3.05) is 12.0 Å². The molecule has 0 aromatic heterocycles. The van der Waals surface area contributed by atoms with Gasteiger partial charge in [-0.2, -0.15) is 11.8 Å². The molecule has 11 heteroatoms. The molecule has 6 atom stereocenters. The first-order chi connectivity index (χ1) is 14.8. The van der Waals surface area contributed by atoms with E-state index in [1.54, 1.807) is 6.92 Å². The molecule has 7 N–H and O–H groups in total. The van der Waals surface area contributed by atoms with E-state index in [1.165, 1.54) is 18.7 Å². The highest BCUT2D eigenvalue weighted by Crippen LogP contribution is 2.12. The van der Waals surface area contributed by atoms with Crippen molar-refractivity contribution < 1.29 is 29.4 Å². The van der Waals surface area contributed by atoms with E-state index >= 15 is 0 Å². The van der Waals surface area contributed by atoms with E-state index in [1.807, 2.05) is 27.0 Å². The van der Waals surface area contributed by atoms with Crippen LogP contribution in [0.3, 0.4) is 0 Å². The standard InChI is InChI=1S/C21H40N4O6S/c1-7-12(4)17(25-19(28)16(22)13(5)26)20(29)24-15(10-11(2)3)18(27)23-14(21(30)31)8-9-32-6/h11-17,26H,7-10,22H2,1-6H3,(H,23,27)(H,24,29)(H,25,28)(H,30,31). The number of hydrogen-bond donors (Lipinski definition) is 6. The van der Waals surface area contributed by atoms with Gasteiger partial charge in [-0.1, -0.05) is 34.1 Å². The van der Waals surface area contributed by atoms with Gasteiger partial charge in [0.2, 0.25) is 17.7 Å². The summed E-state index contributed by atoms with van der Waals surface area (Å²) in [6.45, 7) is 8.77. The zero-order valence-electron chi connectivity index (χ0n) is 19.9. The summed E-state index contributed by atoms with van der Waals surface area (Å²) >= 11 is 1.47. The third kappa shape index (κ3) is 10.6. The van der Waals surface area contributed by atoms with Crippen molar-refractivity contribution in [3.63, 3.8) is 0 Å². The Morgan fingerprint density at radius 1 is 0.938 bits per heavy atom. The first-order valence-corrected chi connectivity index (χ1v) is 12.3. The van der Waals surface area contributed by atoms with Crippen LogP contribution >= 0.6 is 11.8 Å². The molecule has 0 heterocycles. The number of hydrogen-bond acceptors (Lipinski definition) is 7. The second-order valence-corrected chi connectivity index (χ2v) is 9.50. The molecule has 0 spiro atoms. The van der Waals surface area contributed by atoms with E-state index in [2.05, 4.69) is 16.0 Å². The Morgan fingerprint density at radius 3 is 1.94 bits per heavy atom. The lowest BCUT2D eigenvalue weighted by Crippen LogP contribution is -2.59. The predicted molar refractivity (Wildman–Crippen MR) is 125 cm³/mol. The van der Waals surface area contributed by atoms with Crippen molar-refractivity contribution in [1.29, 1.82) is 0 Å². The Hall–Kier alpha value is -1.85. The molecule has 0 fully saturated rings. The van der Waals surface area contributed by atoms with E-state index in [-0.39, 0.29) is 18.3 Å². The van der Waals surface area contributed by atoms with Crippen LogP contribution in [-0.4, -0.2) is 76.2 Å². The average molecular weight is 477 g/mol. The summed E-state index contributed by atoms with van der Waals surface area (Å²) < 4.78 is 0. The summed E-state index contributed by atoms with van der Waals surface area (Å²) in [6, 6.07) is -4.19. The molecule has 10 nitrogen and oxygen atoms in total. The molecule has 186 valence electrons. The fourth-order valence-electron chi connectivity index (χ4n) is 2.90. The zero-order chi connectivity index (χ0) is 25.0. The predicted octanol–water partition coefficient (Wildman–Crippen LogP) is 0.0788. The van der Waals surface area contributed by atoms with Crippen LogP contribution in [-0.2, 0) is 19.2 Å². The number of amides is 3. The second-order valence-electron chi connectivity index (χ2n) is 8.51. The third-order valence-corrected chi connectivity index (χ3v) is 5.82. The van der Waals surface area contributed by atoms with Crippen LogP contribution in [0.25, 0.3) is 0 Å². The maximum absolute atomic E-state index is 13.0. The molecule has 0 aromatic rings. The number of carbonyl (C=O) groups is 4. The minimum atomic E-state index is -1.20. The Bertz CT molecular complexity index is 631. The summed E-state index contributed by atoms with van der Waals surface area (Å²) in [4.78, 5) is 49.7. The lowest BCUT2D eigenvalue weighted by Gasteiger charge is -2.28. The topological polar surface area (TPSA) is 171 Å². The molecule has 0 aliphatic heterocycles. The summed E-state index contributed by atoms with van der Waals surface area (Å²) in [5.74, 6) is -2.63. The fraction of sp³-hybridized carbons (Fsp3) is 0.810. The average Bonchev–Trinajstić information content (AvgIpc) is 2.71. The van der Waals surface area contributed by atoms with Gasteiger partial charge in [-0.3, -0.25) is 14.4 Å². The normalized spacial score (nSPS) is 16.9. The van der Waals surface area contributed by atoms with Crippen molar-refractivity contribution in [3.8, 4) is 0 Å². The molecule has 0 radical (unpaired) electrons. The first kappa shape index (κ1) is 30.1. The summed E-state index contributed by atoms with van der Waals surface area (Å²) in [5.41, 5.74) is 5.67. The van der Waals surface area contributed by atoms with E-state index in [0.29, 0.717) is 18.6 Å². The Morgan fingerprint density at radius 2 is 1.50 bits per heavy atom. The number of carboxylic acid groups (broad SMARTS) is 1. The lowest BCUT2D eigenvalue weighted by atomic mass is 9.96. The van der Waals surface area contributed by atoms with Gasteiger partial charge < -0.3 is 31.9 Å². The zero-order valence-corrected chi connectivity index (χ0v) is 20.7. The lowest BCUT2D eigenvalue weighted by molar-refractivity contribution is -0.142. The first-order valence-electron chi connectivity index (χ1n) is 10.9. The molecular formula is C21H40N4O6S. The number of aliphatic hydroxyl groups is 1. The van der Waals surface area contributed by atoms with E-state index in [9.17, 15) is 29.4 Å². The molecule has 3 amide bonds. The Kier molecular flexibility index (Phi) is 14.2. The largest absolute Gasteiger partial charge is 0.480 e. The van der Waals surface area contributed by atoms with E-state index < -0.39 is 54.0 Å². The highest BCUT2D eigenvalue weighted by molar-refractivity contribution is 7.98. The molecule has 0 aliphatic carbocycles. The second kappa shape index (κ2) is 15.1. The van der Waals surface area contributed by atoms with Crippen LogP contribution in [0, 0.1) is 11.8 Å². The summed E-state index contributed by atoms with van der Waals surface area (Å²) in [6.07, 6.45) is 1.87. The molecule has 32 heavy (non-hydrogen) atoms. The van der Waals surface area contributed by atoms with Crippen LogP contribution < -0.4 is 21.7 Å². The van der Waals surface area contributed by atoms with Crippen molar-refractivity contribution in [2.45, 2.75) is 84.2 Å². The SMILES string of the molecule is CCC(C)C(NC(=O)C(N)C(C)O)C(=O)NC(CC(C)C)C(=O)NC(CCSC)C(=O)O. The molecule has 0 saturated carbocycles. The van der Waals surface area contributed by atoms with Gasteiger partial charge in [0.15, 0.2) is 0 Å². The van der Waals surface area contributed by atoms with E-state index in [0.717, 1.165) is 0 Å². The molecule has 0 bridgehead atoms. The quantitative estimate of drug-likeness (QED) is 0.193. The summed E-state index contributed by atoms with van der Waals surface area (Å²) in [5, 5.41) is 26.7. The number of rotatable bonds is 15. The van der Waals surface area contributed by atoms with Gasteiger partial charge in [-0.15, -0.1) is 0 Å². The Balaban J connectivity index is 5.52. The molecule has 0 saturated heterocycles. The van der Waals surface area contributed by atoms with Gasteiger partial charge in [0.05, 0.1) is 6.10 Å². The molecular weight excluding hydrogens is 436 g/mol. The number of carboxylic acids is 1. The van der Waals surface area contributed by atoms with Gasteiger partial charge in [-0.05, 0) is 43.6 Å². The number of nitrogens with one attached hydrogen (secondary N) is 3. The van der Waals surface area contributed by atoms with Crippen LogP contribution in [0.2, 0.25) is 0 Å².